The predicted molar refractivity (Wildman–Crippen MR) is 66.9 cm³/mol. The molecule has 2 aromatic rings. The first-order valence-corrected chi connectivity index (χ1v) is 5.72. The van der Waals surface area contributed by atoms with Gasteiger partial charge in [-0.2, -0.15) is 5.10 Å². The van der Waals surface area contributed by atoms with Gasteiger partial charge in [0.15, 0.2) is 11.5 Å². The van der Waals surface area contributed by atoms with Gasteiger partial charge in [0.2, 0.25) is 0 Å². The predicted octanol–water partition coefficient (Wildman–Crippen LogP) is -0.757. The highest BCUT2D eigenvalue weighted by Gasteiger charge is 2.07. The van der Waals surface area contributed by atoms with Crippen LogP contribution in [0.2, 0.25) is 0 Å². The second-order valence-corrected chi connectivity index (χ2v) is 3.74. The summed E-state index contributed by atoms with van der Waals surface area (Å²) >= 11 is 0. The van der Waals surface area contributed by atoms with Crippen LogP contribution in [0.15, 0.2) is 18.5 Å². The number of nitrogens with two attached hydrogens (primary N) is 1. The number of hydrogen-bond acceptors (Lipinski definition) is 7. The molecule has 0 saturated heterocycles. The van der Waals surface area contributed by atoms with Crippen LogP contribution in [0.3, 0.4) is 0 Å². The molecule has 0 aliphatic heterocycles. The van der Waals surface area contributed by atoms with Gasteiger partial charge < -0.3 is 10.7 Å². The molecule has 0 bridgehead atoms. The molecule has 0 radical (unpaired) electrons. The van der Waals surface area contributed by atoms with Gasteiger partial charge in [0.25, 0.3) is 5.91 Å². The summed E-state index contributed by atoms with van der Waals surface area (Å²) < 4.78 is 0. The second kappa shape index (κ2) is 6.40. The van der Waals surface area contributed by atoms with E-state index in [0.717, 1.165) is 18.7 Å². The molecule has 0 unspecified atom stereocenters. The Balaban J connectivity index is 1.74. The zero-order valence-corrected chi connectivity index (χ0v) is 10.1. The summed E-state index contributed by atoms with van der Waals surface area (Å²) in [5, 5.41) is 16.7. The highest BCUT2D eigenvalue weighted by Crippen LogP contribution is 2.00. The van der Waals surface area contributed by atoms with Crippen LogP contribution in [-0.4, -0.2) is 37.8 Å². The lowest BCUT2D eigenvalue weighted by molar-refractivity contribution is 0.0947. The normalized spacial score (nSPS) is 10.2. The van der Waals surface area contributed by atoms with Crippen LogP contribution in [0.1, 0.15) is 22.7 Å². The van der Waals surface area contributed by atoms with Crippen molar-refractivity contribution < 1.29 is 4.79 Å². The van der Waals surface area contributed by atoms with Gasteiger partial charge in [0, 0.05) is 13.0 Å². The van der Waals surface area contributed by atoms with Gasteiger partial charge in [0.05, 0.1) is 0 Å². The molecule has 0 atom stereocenters. The van der Waals surface area contributed by atoms with Gasteiger partial charge in [-0.1, -0.05) is 0 Å². The van der Waals surface area contributed by atoms with E-state index in [9.17, 15) is 4.79 Å². The zero-order valence-electron chi connectivity index (χ0n) is 10.1. The van der Waals surface area contributed by atoms with Crippen molar-refractivity contribution in [3.05, 3.63) is 30.0 Å². The smallest absolute Gasteiger partial charge is 0.271 e. The van der Waals surface area contributed by atoms with E-state index >= 15 is 0 Å². The first kappa shape index (κ1) is 12.9. The molecule has 2 heterocycles. The van der Waals surface area contributed by atoms with E-state index in [-0.39, 0.29) is 11.6 Å². The molecule has 5 N–H and O–H groups in total. The molecule has 100 valence electrons. The number of nitrogen functional groups attached to an aromatic ring is 1. The second-order valence-electron chi connectivity index (χ2n) is 3.74. The lowest BCUT2D eigenvalue weighted by atomic mass is 10.3. The number of aryl methyl sites for hydroxylation is 1. The number of H-pyrrole nitrogens is 1. The summed E-state index contributed by atoms with van der Waals surface area (Å²) in [6.07, 6.45) is 2.94. The van der Waals surface area contributed by atoms with Crippen molar-refractivity contribution in [1.82, 2.24) is 30.7 Å². The maximum Gasteiger partial charge on any atom is 0.271 e. The van der Waals surface area contributed by atoms with E-state index in [1.54, 1.807) is 12.1 Å². The molecule has 0 spiro atoms. The minimum Gasteiger partial charge on any atom is -0.351 e. The van der Waals surface area contributed by atoms with E-state index in [1.165, 1.54) is 6.33 Å². The van der Waals surface area contributed by atoms with E-state index in [4.69, 9.17) is 5.84 Å². The first-order valence-electron chi connectivity index (χ1n) is 5.72. The third-order valence-electron chi connectivity index (χ3n) is 2.39. The van der Waals surface area contributed by atoms with E-state index < -0.39 is 0 Å². The van der Waals surface area contributed by atoms with Gasteiger partial charge >= 0.3 is 0 Å². The third kappa shape index (κ3) is 3.71. The SMILES string of the molecule is NNc1ccc(C(=O)NCCCc2ncn[nH]2)nn1. The van der Waals surface area contributed by atoms with Crippen molar-refractivity contribution in [3.8, 4) is 0 Å². The fraction of sp³-hybridized carbons (Fsp3) is 0.300. The Morgan fingerprint density at radius 2 is 2.26 bits per heavy atom. The molecule has 9 nitrogen and oxygen atoms in total. The molecule has 9 heteroatoms. The standard InChI is InChI=1S/C10H14N8O/c11-15-9-4-3-7(16-18-9)10(19)12-5-1-2-8-13-6-14-17-8/h3-4,6H,1-2,5,11H2,(H,12,19)(H,15,18)(H,13,14,17). The van der Waals surface area contributed by atoms with E-state index in [1.807, 2.05) is 0 Å². The number of nitrogens with zero attached hydrogens (tertiary/aromatic N) is 4. The minimum atomic E-state index is -0.270. The number of anilines is 1. The van der Waals surface area contributed by atoms with Crippen LogP contribution in [-0.2, 0) is 6.42 Å². The van der Waals surface area contributed by atoms with Crippen molar-refractivity contribution in [2.75, 3.05) is 12.0 Å². The molecule has 1 amide bonds. The van der Waals surface area contributed by atoms with Crippen LogP contribution < -0.4 is 16.6 Å². The van der Waals surface area contributed by atoms with Crippen LogP contribution in [0.4, 0.5) is 5.82 Å². The van der Waals surface area contributed by atoms with Crippen molar-refractivity contribution >= 4 is 11.7 Å². The topological polar surface area (TPSA) is 134 Å². The number of carbonyl (C=O) groups is 1. The van der Waals surface area contributed by atoms with E-state index in [0.29, 0.717) is 12.4 Å². The summed E-state index contributed by atoms with van der Waals surface area (Å²) in [4.78, 5) is 15.7. The average Bonchev–Trinajstić information content (AvgIpc) is 2.96. The molecule has 0 saturated carbocycles. The lowest BCUT2D eigenvalue weighted by Gasteiger charge is -2.04. The van der Waals surface area contributed by atoms with E-state index in [2.05, 4.69) is 36.1 Å². The number of aromatic nitrogens is 5. The Morgan fingerprint density at radius 1 is 1.37 bits per heavy atom. The summed E-state index contributed by atoms with van der Waals surface area (Å²) in [7, 11) is 0. The van der Waals surface area contributed by atoms with Gasteiger partial charge in [-0.15, -0.1) is 10.2 Å². The molecular formula is C10H14N8O. The van der Waals surface area contributed by atoms with Crippen LogP contribution in [0.25, 0.3) is 0 Å². The monoisotopic (exact) mass is 262 g/mol. The highest BCUT2D eigenvalue weighted by molar-refractivity contribution is 5.92. The minimum absolute atomic E-state index is 0.249. The number of rotatable bonds is 6. The van der Waals surface area contributed by atoms with Gasteiger partial charge in [-0.25, -0.2) is 10.8 Å². The molecule has 0 aromatic carbocycles. The fourth-order valence-corrected chi connectivity index (χ4v) is 1.43. The molecule has 2 aromatic heterocycles. The van der Waals surface area contributed by atoms with Crippen LogP contribution in [0, 0.1) is 0 Å². The van der Waals surface area contributed by atoms with Gasteiger partial charge in [0.1, 0.15) is 12.2 Å². The Hall–Kier alpha value is -2.55. The maximum atomic E-state index is 11.7. The molecule has 0 aliphatic rings. The summed E-state index contributed by atoms with van der Waals surface area (Å²) in [5.74, 6) is 6.09. The van der Waals surface area contributed by atoms with Gasteiger partial charge in [-0.05, 0) is 18.6 Å². The lowest BCUT2D eigenvalue weighted by Crippen LogP contribution is -2.26. The van der Waals surface area contributed by atoms with Crippen molar-refractivity contribution in [3.63, 3.8) is 0 Å². The molecule has 0 aliphatic carbocycles. The van der Waals surface area contributed by atoms with Crippen molar-refractivity contribution in [2.45, 2.75) is 12.8 Å². The Morgan fingerprint density at radius 3 is 2.89 bits per heavy atom. The van der Waals surface area contributed by atoms with Crippen molar-refractivity contribution in [1.29, 1.82) is 0 Å². The van der Waals surface area contributed by atoms with Crippen LogP contribution >= 0.6 is 0 Å². The third-order valence-corrected chi connectivity index (χ3v) is 2.39. The van der Waals surface area contributed by atoms with Gasteiger partial charge in [-0.3, -0.25) is 9.89 Å². The summed E-state index contributed by atoms with van der Waals surface area (Å²) in [6.45, 7) is 0.526. The zero-order chi connectivity index (χ0) is 13.5. The summed E-state index contributed by atoms with van der Waals surface area (Å²) in [6, 6.07) is 3.13. The molecule has 0 fully saturated rings. The maximum absolute atomic E-state index is 11.7. The number of hydrogen-bond donors (Lipinski definition) is 4. The number of aromatic amines is 1. The Kier molecular flexibility index (Phi) is 4.34. The number of carbonyl (C=O) groups excluding carboxylic acids is 1. The molecular weight excluding hydrogens is 248 g/mol. The number of nitrogens with one attached hydrogen (secondary N) is 3. The molecule has 2 rings (SSSR count). The average molecular weight is 262 g/mol. The largest absolute Gasteiger partial charge is 0.351 e. The number of amides is 1. The fourth-order valence-electron chi connectivity index (χ4n) is 1.43. The molecule has 19 heavy (non-hydrogen) atoms. The van der Waals surface area contributed by atoms with Crippen molar-refractivity contribution in [2.24, 2.45) is 5.84 Å². The first-order chi connectivity index (χ1) is 9.29. The Labute approximate surface area is 109 Å². The Bertz CT molecular complexity index is 509. The quantitative estimate of drug-likeness (QED) is 0.305. The highest BCUT2D eigenvalue weighted by atomic mass is 16.1. The number of hydrazine groups is 1. The summed E-state index contributed by atoms with van der Waals surface area (Å²) in [5.41, 5.74) is 2.59. The van der Waals surface area contributed by atoms with Crippen LogP contribution in [0.5, 0.6) is 0 Å².